The maximum absolute atomic E-state index is 12.6. The second-order valence-corrected chi connectivity index (χ2v) is 7.62. The van der Waals surface area contributed by atoms with E-state index < -0.39 is 12.7 Å². The molecule has 0 spiro atoms. The number of piperazine rings is 1. The van der Waals surface area contributed by atoms with Crippen molar-refractivity contribution in [2.24, 2.45) is 4.99 Å². The van der Waals surface area contributed by atoms with Crippen molar-refractivity contribution in [3.8, 4) is 0 Å². The van der Waals surface area contributed by atoms with Crippen LogP contribution in [0, 0.1) is 0 Å². The Bertz CT molecular complexity index is 668. The van der Waals surface area contributed by atoms with Gasteiger partial charge in [0.2, 0.25) is 5.95 Å². The van der Waals surface area contributed by atoms with Gasteiger partial charge in [0.05, 0.1) is 13.1 Å². The van der Waals surface area contributed by atoms with E-state index in [-0.39, 0.29) is 30.0 Å². The fourth-order valence-corrected chi connectivity index (χ4v) is 3.79. The minimum absolute atomic E-state index is 0. The largest absolute Gasteiger partial charge is 0.401 e. The monoisotopic (exact) mass is 556 g/mol. The van der Waals surface area contributed by atoms with Crippen molar-refractivity contribution in [1.29, 1.82) is 0 Å². The number of alkyl halides is 3. The van der Waals surface area contributed by atoms with E-state index in [0.29, 0.717) is 38.6 Å². The first-order valence-electron chi connectivity index (χ1n) is 10.5. The highest BCUT2D eigenvalue weighted by molar-refractivity contribution is 14.0. The molecule has 0 saturated carbocycles. The highest BCUT2D eigenvalue weighted by Crippen LogP contribution is 2.19. The van der Waals surface area contributed by atoms with Gasteiger partial charge in [-0.15, -0.1) is 24.0 Å². The highest BCUT2D eigenvalue weighted by Gasteiger charge is 2.34. The lowest BCUT2D eigenvalue weighted by molar-refractivity contribution is -0.143. The van der Waals surface area contributed by atoms with Gasteiger partial charge in [-0.05, 0) is 19.4 Å². The first-order chi connectivity index (χ1) is 14.4. The summed E-state index contributed by atoms with van der Waals surface area (Å²) in [6, 6.07) is 1.80. The average Bonchev–Trinajstić information content (AvgIpc) is 3.14. The van der Waals surface area contributed by atoms with E-state index in [0.717, 1.165) is 38.7 Å². The number of hydrogen-bond donors (Lipinski definition) is 2. The molecule has 12 heteroatoms. The van der Waals surface area contributed by atoms with Crippen LogP contribution in [0.4, 0.5) is 19.1 Å². The number of halogens is 4. The smallest absolute Gasteiger partial charge is 0.357 e. The maximum atomic E-state index is 12.6. The van der Waals surface area contributed by atoms with Gasteiger partial charge in [-0.3, -0.25) is 14.8 Å². The summed E-state index contributed by atoms with van der Waals surface area (Å²) in [5.74, 6) is 1.44. The lowest BCUT2D eigenvalue weighted by atomic mass is 10.3. The summed E-state index contributed by atoms with van der Waals surface area (Å²) in [4.78, 5) is 19.2. The van der Waals surface area contributed by atoms with Crippen LogP contribution in [0.5, 0.6) is 0 Å². The SMILES string of the molecule is CCNC(=NCCN1CCN(c2ncccn2)CC1)NC1CCN(CC(F)(F)F)C1.I. The fraction of sp³-hybridized carbons (Fsp3) is 0.737. The zero-order valence-electron chi connectivity index (χ0n) is 17.8. The quantitative estimate of drug-likeness (QED) is 0.299. The number of nitrogens with zero attached hydrogens (tertiary/aromatic N) is 6. The Morgan fingerprint density at radius 2 is 1.84 bits per heavy atom. The molecule has 3 rings (SSSR count). The molecule has 2 saturated heterocycles. The molecule has 3 heterocycles. The van der Waals surface area contributed by atoms with Gasteiger partial charge in [0.15, 0.2) is 5.96 Å². The van der Waals surface area contributed by atoms with Crippen LogP contribution in [0.3, 0.4) is 0 Å². The molecule has 2 N–H and O–H groups in total. The van der Waals surface area contributed by atoms with E-state index in [1.54, 1.807) is 12.4 Å². The van der Waals surface area contributed by atoms with Gasteiger partial charge in [-0.25, -0.2) is 9.97 Å². The minimum atomic E-state index is -4.15. The second-order valence-electron chi connectivity index (χ2n) is 7.62. The average molecular weight is 556 g/mol. The Hall–Kier alpha value is -1.41. The molecule has 0 amide bonds. The second kappa shape index (κ2) is 12.6. The van der Waals surface area contributed by atoms with Crippen molar-refractivity contribution >= 4 is 35.9 Å². The first kappa shape index (κ1) is 25.8. The Balaban J connectivity index is 0.00000341. The lowest BCUT2D eigenvalue weighted by Gasteiger charge is -2.34. The van der Waals surface area contributed by atoms with Crippen molar-refractivity contribution in [2.75, 3.05) is 70.3 Å². The van der Waals surface area contributed by atoms with Crippen LogP contribution in [0.2, 0.25) is 0 Å². The van der Waals surface area contributed by atoms with Gasteiger partial charge < -0.3 is 15.5 Å². The molecule has 2 fully saturated rings. The number of aromatic nitrogens is 2. The first-order valence-corrected chi connectivity index (χ1v) is 10.5. The Morgan fingerprint density at radius 1 is 1.13 bits per heavy atom. The lowest BCUT2D eigenvalue weighted by Crippen LogP contribution is -2.48. The van der Waals surface area contributed by atoms with Crippen molar-refractivity contribution in [1.82, 2.24) is 30.4 Å². The minimum Gasteiger partial charge on any atom is -0.357 e. The van der Waals surface area contributed by atoms with Crippen LogP contribution in [0.1, 0.15) is 13.3 Å². The van der Waals surface area contributed by atoms with E-state index in [1.807, 2.05) is 13.0 Å². The van der Waals surface area contributed by atoms with E-state index in [1.165, 1.54) is 4.90 Å². The van der Waals surface area contributed by atoms with Crippen molar-refractivity contribution < 1.29 is 13.2 Å². The Kier molecular flexibility index (Phi) is 10.5. The van der Waals surface area contributed by atoms with E-state index >= 15 is 0 Å². The molecule has 0 aromatic carbocycles. The van der Waals surface area contributed by atoms with Crippen LogP contribution in [0.15, 0.2) is 23.5 Å². The summed E-state index contributed by atoms with van der Waals surface area (Å²) in [5, 5.41) is 6.48. The Labute approximate surface area is 198 Å². The number of guanidine groups is 1. The third-order valence-electron chi connectivity index (χ3n) is 5.25. The van der Waals surface area contributed by atoms with Crippen LogP contribution in [0.25, 0.3) is 0 Å². The zero-order valence-corrected chi connectivity index (χ0v) is 20.1. The van der Waals surface area contributed by atoms with E-state index in [2.05, 4.69) is 35.4 Å². The molecule has 8 nitrogen and oxygen atoms in total. The van der Waals surface area contributed by atoms with Gasteiger partial charge >= 0.3 is 6.18 Å². The summed E-state index contributed by atoms with van der Waals surface area (Å²) in [6.07, 6.45) is 0.0465. The van der Waals surface area contributed by atoms with Crippen molar-refractivity contribution in [3.05, 3.63) is 18.5 Å². The van der Waals surface area contributed by atoms with E-state index in [9.17, 15) is 13.2 Å². The standard InChI is InChI=1S/C19H31F3N8.HI/c1-2-23-17(27-16-4-8-29(14-16)15-19(20,21)22)24-7-9-28-10-12-30(13-11-28)18-25-5-3-6-26-18;/h3,5-6,16H,2,4,7-15H2,1H3,(H2,23,24,27);1H. The van der Waals surface area contributed by atoms with Crippen LogP contribution < -0.4 is 15.5 Å². The third kappa shape index (κ3) is 8.93. The van der Waals surface area contributed by atoms with Gasteiger partial charge in [0.25, 0.3) is 0 Å². The zero-order chi connectivity index (χ0) is 21.4. The molecule has 0 bridgehead atoms. The fourth-order valence-electron chi connectivity index (χ4n) is 3.79. The maximum Gasteiger partial charge on any atom is 0.401 e. The molecule has 1 aromatic heterocycles. The number of aliphatic imine (C=N–C) groups is 1. The predicted octanol–water partition coefficient (Wildman–Crippen LogP) is 1.41. The van der Waals surface area contributed by atoms with Crippen LogP contribution in [-0.4, -0.2) is 103 Å². The normalized spacial score (nSPS) is 21.1. The molecular weight excluding hydrogens is 524 g/mol. The van der Waals surface area contributed by atoms with Crippen LogP contribution in [-0.2, 0) is 0 Å². The third-order valence-corrected chi connectivity index (χ3v) is 5.25. The number of anilines is 1. The van der Waals surface area contributed by atoms with Crippen molar-refractivity contribution in [3.63, 3.8) is 0 Å². The molecule has 176 valence electrons. The topological polar surface area (TPSA) is 71.9 Å². The summed E-state index contributed by atoms with van der Waals surface area (Å²) in [7, 11) is 0. The van der Waals surface area contributed by atoms with Crippen LogP contribution >= 0.6 is 24.0 Å². The molecule has 1 atom stereocenters. The number of likely N-dealkylation sites (tertiary alicyclic amines) is 1. The highest BCUT2D eigenvalue weighted by atomic mass is 127. The van der Waals surface area contributed by atoms with Gasteiger partial charge in [-0.1, -0.05) is 0 Å². The molecule has 31 heavy (non-hydrogen) atoms. The summed E-state index contributed by atoms with van der Waals surface area (Å²) in [6.45, 7) is 7.75. The summed E-state index contributed by atoms with van der Waals surface area (Å²) >= 11 is 0. The predicted molar refractivity (Wildman–Crippen MR) is 126 cm³/mol. The number of hydrogen-bond acceptors (Lipinski definition) is 6. The Morgan fingerprint density at radius 3 is 2.48 bits per heavy atom. The molecule has 2 aliphatic rings. The number of rotatable bonds is 7. The molecule has 1 unspecified atom stereocenters. The van der Waals surface area contributed by atoms with Gasteiger partial charge in [-0.2, -0.15) is 13.2 Å². The molecule has 0 aliphatic carbocycles. The van der Waals surface area contributed by atoms with E-state index in [4.69, 9.17) is 0 Å². The summed E-state index contributed by atoms with van der Waals surface area (Å²) in [5.41, 5.74) is 0. The number of nitrogens with one attached hydrogen (secondary N) is 2. The van der Waals surface area contributed by atoms with Gasteiger partial charge in [0.1, 0.15) is 0 Å². The molecular formula is C19H32F3IN8. The summed E-state index contributed by atoms with van der Waals surface area (Å²) < 4.78 is 37.7. The molecule has 1 aromatic rings. The van der Waals surface area contributed by atoms with Gasteiger partial charge in [0, 0.05) is 70.8 Å². The molecule has 2 aliphatic heterocycles. The molecule has 0 radical (unpaired) electrons. The van der Waals surface area contributed by atoms with Crippen molar-refractivity contribution in [2.45, 2.75) is 25.6 Å².